The van der Waals surface area contributed by atoms with Crippen molar-refractivity contribution in [3.8, 4) is 11.3 Å². The molecule has 1 aliphatic carbocycles. The van der Waals surface area contributed by atoms with Gasteiger partial charge in [0.2, 0.25) is 5.95 Å². The van der Waals surface area contributed by atoms with Gasteiger partial charge in [-0.3, -0.25) is 0 Å². The smallest absolute Gasteiger partial charge is 0.282 e. The van der Waals surface area contributed by atoms with Crippen molar-refractivity contribution in [1.82, 2.24) is 29.5 Å². The third-order valence-corrected chi connectivity index (χ3v) is 5.26. The van der Waals surface area contributed by atoms with E-state index in [2.05, 4.69) is 30.4 Å². The lowest BCUT2D eigenvalue weighted by Crippen LogP contribution is -2.23. The van der Waals surface area contributed by atoms with Gasteiger partial charge in [0, 0.05) is 29.4 Å². The Morgan fingerprint density at radius 1 is 1.11 bits per heavy atom. The predicted molar refractivity (Wildman–Crippen MR) is 101 cm³/mol. The number of imidazole rings is 1. The summed E-state index contributed by atoms with van der Waals surface area (Å²) in [5.41, 5.74) is 2.15. The number of hydrogen-bond acceptors (Lipinski definition) is 5. The molecule has 0 spiro atoms. The van der Waals surface area contributed by atoms with Gasteiger partial charge in [0.15, 0.2) is 5.65 Å². The molecule has 4 aromatic rings. The van der Waals surface area contributed by atoms with E-state index >= 15 is 0 Å². The molecule has 0 atom stereocenters. The molecular formula is C19H19F2N7. The van der Waals surface area contributed by atoms with Crippen LogP contribution in [0, 0.1) is 0 Å². The number of halogens is 2. The lowest BCUT2D eigenvalue weighted by atomic mass is 9.96. The lowest BCUT2D eigenvalue weighted by Gasteiger charge is -2.22. The maximum Gasteiger partial charge on any atom is 0.282 e. The van der Waals surface area contributed by atoms with Crippen molar-refractivity contribution < 1.29 is 8.78 Å². The zero-order valence-electron chi connectivity index (χ0n) is 15.1. The van der Waals surface area contributed by atoms with E-state index in [-0.39, 0.29) is 5.69 Å². The van der Waals surface area contributed by atoms with E-state index < -0.39 is 6.43 Å². The largest absolute Gasteiger partial charge is 0.351 e. The van der Waals surface area contributed by atoms with Crippen LogP contribution in [0.2, 0.25) is 0 Å². The standard InChI is InChI=1S/C19H19F2N7/c20-17(21)15-10-22-16-7-6-14(27-28(15)16)12-8-23-18-13(12)9-24-19(26-18)25-11-4-2-1-3-5-11/h6-11,17H,1-5H2,(H2,23,24,25,26). The third kappa shape index (κ3) is 2.96. The fourth-order valence-corrected chi connectivity index (χ4v) is 3.80. The molecule has 0 saturated heterocycles. The number of alkyl halides is 2. The number of aromatic amines is 1. The predicted octanol–water partition coefficient (Wildman–Crippen LogP) is 4.35. The molecule has 1 saturated carbocycles. The minimum Gasteiger partial charge on any atom is -0.351 e. The molecule has 9 heteroatoms. The van der Waals surface area contributed by atoms with Crippen LogP contribution in [-0.4, -0.2) is 35.6 Å². The number of nitrogens with one attached hydrogen (secondary N) is 2. The highest BCUT2D eigenvalue weighted by molar-refractivity contribution is 5.92. The van der Waals surface area contributed by atoms with Crippen molar-refractivity contribution >= 4 is 22.6 Å². The maximum absolute atomic E-state index is 13.2. The molecule has 0 unspecified atom stereocenters. The molecule has 0 aromatic carbocycles. The first-order chi connectivity index (χ1) is 13.7. The maximum atomic E-state index is 13.2. The number of aromatic nitrogens is 6. The summed E-state index contributed by atoms with van der Waals surface area (Å²) in [5, 5.41) is 8.55. The number of rotatable bonds is 4. The van der Waals surface area contributed by atoms with Crippen LogP contribution in [0.4, 0.5) is 14.7 Å². The van der Waals surface area contributed by atoms with Gasteiger partial charge in [-0.2, -0.15) is 10.1 Å². The molecule has 7 nitrogen and oxygen atoms in total. The van der Waals surface area contributed by atoms with E-state index in [1.54, 1.807) is 24.5 Å². The first kappa shape index (κ1) is 17.0. The summed E-state index contributed by atoms with van der Waals surface area (Å²) >= 11 is 0. The number of fused-ring (bicyclic) bond motifs is 2. The zero-order chi connectivity index (χ0) is 19.1. The van der Waals surface area contributed by atoms with Gasteiger partial charge in [0.1, 0.15) is 11.3 Å². The molecule has 4 aromatic heterocycles. The van der Waals surface area contributed by atoms with E-state index in [4.69, 9.17) is 0 Å². The second-order valence-electron chi connectivity index (χ2n) is 7.11. The molecule has 1 fully saturated rings. The van der Waals surface area contributed by atoms with Gasteiger partial charge >= 0.3 is 0 Å². The van der Waals surface area contributed by atoms with Crippen molar-refractivity contribution in [3.05, 3.63) is 36.4 Å². The Hall–Kier alpha value is -3.10. The molecule has 4 heterocycles. The van der Waals surface area contributed by atoms with Crippen LogP contribution in [0.15, 0.2) is 30.7 Å². The second-order valence-corrected chi connectivity index (χ2v) is 7.11. The minimum atomic E-state index is -2.64. The van der Waals surface area contributed by atoms with Gasteiger partial charge < -0.3 is 10.3 Å². The fraction of sp³-hybridized carbons (Fsp3) is 0.368. The van der Waals surface area contributed by atoms with Crippen LogP contribution in [0.3, 0.4) is 0 Å². The zero-order valence-corrected chi connectivity index (χ0v) is 15.1. The van der Waals surface area contributed by atoms with Crippen molar-refractivity contribution in [2.75, 3.05) is 5.32 Å². The first-order valence-corrected chi connectivity index (χ1v) is 9.43. The summed E-state index contributed by atoms with van der Waals surface area (Å²) < 4.78 is 27.5. The summed E-state index contributed by atoms with van der Waals surface area (Å²) in [7, 11) is 0. The molecule has 0 aliphatic heterocycles. The molecule has 144 valence electrons. The van der Waals surface area contributed by atoms with Crippen LogP contribution in [-0.2, 0) is 0 Å². The van der Waals surface area contributed by atoms with Crippen LogP contribution in [0.5, 0.6) is 0 Å². The fourth-order valence-electron chi connectivity index (χ4n) is 3.80. The van der Waals surface area contributed by atoms with Gasteiger partial charge in [-0.15, -0.1) is 0 Å². The monoisotopic (exact) mass is 383 g/mol. The SMILES string of the molecule is FC(F)c1cnc2ccc(-c3c[nH]c4nc(NC5CCCCC5)ncc34)nn12. The molecule has 2 N–H and O–H groups in total. The van der Waals surface area contributed by atoms with E-state index in [1.165, 1.54) is 23.8 Å². The molecule has 0 amide bonds. The average molecular weight is 383 g/mol. The second kappa shape index (κ2) is 6.81. The molecule has 5 rings (SSSR count). The van der Waals surface area contributed by atoms with Crippen molar-refractivity contribution in [3.63, 3.8) is 0 Å². The normalized spacial score (nSPS) is 15.7. The highest BCUT2D eigenvalue weighted by Crippen LogP contribution is 2.28. The highest BCUT2D eigenvalue weighted by atomic mass is 19.3. The van der Waals surface area contributed by atoms with Crippen molar-refractivity contribution in [2.24, 2.45) is 0 Å². The molecule has 1 aliphatic rings. The van der Waals surface area contributed by atoms with E-state index in [1.807, 2.05) is 0 Å². The van der Waals surface area contributed by atoms with Gasteiger partial charge in [-0.1, -0.05) is 19.3 Å². The van der Waals surface area contributed by atoms with Crippen molar-refractivity contribution in [2.45, 2.75) is 44.6 Å². The molecule has 0 bridgehead atoms. The van der Waals surface area contributed by atoms with E-state index in [9.17, 15) is 8.78 Å². The first-order valence-electron chi connectivity index (χ1n) is 9.43. The van der Waals surface area contributed by atoms with Gasteiger partial charge in [-0.05, 0) is 25.0 Å². The summed E-state index contributed by atoms with van der Waals surface area (Å²) in [6.07, 6.45) is 8.06. The molecule has 0 radical (unpaired) electrons. The van der Waals surface area contributed by atoms with E-state index in [0.29, 0.717) is 29.0 Å². The van der Waals surface area contributed by atoms with Crippen LogP contribution in [0.25, 0.3) is 27.9 Å². The quantitative estimate of drug-likeness (QED) is 0.547. The summed E-state index contributed by atoms with van der Waals surface area (Å²) in [6.45, 7) is 0. The molecule has 28 heavy (non-hydrogen) atoms. The summed E-state index contributed by atoms with van der Waals surface area (Å²) in [5.74, 6) is 0.603. The van der Waals surface area contributed by atoms with Gasteiger partial charge in [0.05, 0.1) is 11.9 Å². The molecular weight excluding hydrogens is 364 g/mol. The minimum absolute atomic E-state index is 0.230. The van der Waals surface area contributed by atoms with Crippen LogP contribution in [0.1, 0.15) is 44.2 Å². The van der Waals surface area contributed by atoms with Gasteiger partial charge in [0.25, 0.3) is 6.43 Å². The Morgan fingerprint density at radius 2 is 1.96 bits per heavy atom. The Labute approximate surface area is 159 Å². The third-order valence-electron chi connectivity index (χ3n) is 5.26. The average Bonchev–Trinajstić information content (AvgIpc) is 3.32. The Bertz CT molecular complexity index is 1130. The van der Waals surface area contributed by atoms with Crippen LogP contribution >= 0.6 is 0 Å². The van der Waals surface area contributed by atoms with Crippen molar-refractivity contribution in [1.29, 1.82) is 0 Å². The number of H-pyrrole nitrogens is 1. The summed E-state index contributed by atoms with van der Waals surface area (Å²) in [4.78, 5) is 16.1. The summed E-state index contributed by atoms with van der Waals surface area (Å²) in [6, 6.07) is 3.85. The Morgan fingerprint density at radius 3 is 2.79 bits per heavy atom. The Balaban J connectivity index is 1.49. The Kier molecular flexibility index (Phi) is 4.14. The number of nitrogens with zero attached hydrogens (tertiary/aromatic N) is 5. The lowest BCUT2D eigenvalue weighted by molar-refractivity contribution is 0.143. The highest BCUT2D eigenvalue weighted by Gasteiger charge is 2.18. The van der Waals surface area contributed by atoms with E-state index in [0.717, 1.165) is 30.0 Å². The van der Waals surface area contributed by atoms with Crippen LogP contribution < -0.4 is 5.32 Å². The topological polar surface area (TPSA) is 83.8 Å². The number of hydrogen-bond donors (Lipinski definition) is 2. The number of anilines is 1. The van der Waals surface area contributed by atoms with Gasteiger partial charge in [-0.25, -0.2) is 23.3 Å².